The van der Waals surface area contributed by atoms with Gasteiger partial charge < -0.3 is 5.32 Å². The molecule has 7 heteroatoms. The van der Waals surface area contributed by atoms with Crippen molar-refractivity contribution in [2.45, 2.75) is 45.7 Å². The molecular weight excluding hydrogens is 342 g/mol. The van der Waals surface area contributed by atoms with Crippen molar-refractivity contribution in [1.29, 1.82) is 0 Å². The minimum Gasteiger partial charge on any atom is -0.305 e. The van der Waals surface area contributed by atoms with Crippen molar-refractivity contribution < 1.29 is 4.79 Å². The second-order valence-electron chi connectivity index (χ2n) is 7.43. The van der Waals surface area contributed by atoms with E-state index < -0.39 is 0 Å². The molecule has 27 heavy (non-hydrogen) atoms. The van der Waals surface area contributed by atoms with Gasteiger partial charge in [-0.15, -0.1) is 0 Å². The number of amides is 1. The van der Waals surface area contributed by atoms with Crippen LogP contribution >= 0.6 is 0 Å². The minimum atomic E-state index is -0.342. The maximum atomic E-state index is 13.0. The smallest absolute Gasteiger partial charge is 0.277 e. The summed E-state index contributed by atoms with van der Waals surface area (Å²) >= 11 is 0. The molecule has 1 N–H and O–H groups in total. The first-order valence-electron chi connectivity index (χ1n) is 9.33. The maximum absolute atomic E-state index is 13.0. The fraction of sp³-hybridized carbons (Fsp3) is 0.400. The van der Waals surface area contributed by atoms with E-state index in [4.69, 9.17) is 0 Å². The second-order valence-corrected chi connectivity index (χ2v) is 7.43. The fourth-order valence-electron chi connectivity index (χ4n) is 3.42. The first kappa shape index (κ1) is 17.5. The van der Waals surface area contributed by atoms with Crippen LogP contribution < -0.4 is 10.9 Å². The van der Waals surface area contributed by atoms with Crippen LogP contribution in [0.3, 0.4) is 0 Å². The highest BCUT2D eigenvalue weighted by atomic mass is 16.2. The third-order valence-corrected chi connectivity index (χ3v) is 5.13. The Hall–Kier alpha value is -2.96. The van der Waals surface area contributed by atoms with Crippen LogP contribution in [0.15, 0.2) is 41.3 Å². The molecule has 1 amide bonds. The number of carbonyl (C=O) groups is 1. The predicted octanol–water partition coefficient (Wildman–Crippen LogP) is 3.40. The van der Waals surface area contributed by atoms with Crippen molar-refractivity contribution in [3.63, 3.8) is 0 Å². The van der Waals surface area contributed by atoms with Gasteiger partial charge in [0, 0.05) is 11.5 Å². The molecule has 1 aliphatic rings. The van der Waals surface area contributed by atoms with E-state index in [0.717, 1.165) is 0 Å². The summed E-state index contributed by atoms with van der Waals surface area (Å²) in [5, 5.41) is 12.7. The van der Waals surface area contributed by atoms with Crippen LogP contribution in [0.5, 0.6) is 0 Å². The highest BCUT2D eigenvalue weighted by Crippen LogP contribution is 2.40. The molecular formula is C20H23N5O2. The van der Waals surface area contributed by atoms with E-state index in [9.17, 15) is 9.59 Å². The minimum absolute atomic E-state index is 0.144. The summed E-state index contributed by atoms with van der Waals surface area (Å²) < 4.78 is 3.22. The van der Waals surface area contributed by atoms with E-state index in [1.807, 2.05) is 18.5 Å². The summed E-state index contributed by atoms with van der Waals surface area (Å²) in [5.41, 5.74) is 0.0512. The molecule has 1 aliphatic carbocycles. The lowest BCUT2D eigenvalue weighted by atomic mass is 10.1. The molecule has 0 saturated heterocycles. The van der Waals surface area contributed by atoms with Crippen molar-refractivity contribution in [1.82, 2.24) is 19.6 Å². The summed E-state index contributed by atoms with van der Waals surface area (Å²) in [6.45, 7) is 5.86. The van der Waals surface area contributed by atoms with E-state index >= 15 is 0 Å². The van der Waals surface area contributed by atoms with Crippen molar-refractivity contribution >= 4 is 22.5 Å². The number of hydrogen-bond acceptors (Lipinski definition) is 4. The first-order chi connectivity index (χ1) is 13.0. The molecule has 1 saturated carbocycles. The SMILES string of the molecule is CC(C1CC1)n1nccc1NC(=O)c1nn(C(C)C)c(=O)c2ccccc12. The van der Waals surface area contributed by atoms with Crippen molar-refractivity contribution in [3.8, 4) is 0 Å². The van der Waals surface area contributed by atoms with Crippen molar-refractivity contribution in [2.75, 3.05) is 5.32 Å². The monoisotopic (exact) mass is 365 g/mol. The Kier molecular flexibility index (Phi) is 4.30. The number of nitrogens with zero attached hydrogens (tertiary/aromatic N) is 4. The van der Waals surface area contributed by atoms with Gasteiger partial charge in [0.2, 0.25) is 0 Å². The molecule has 1 unspecified atom stereocenters. The van der Waals surface area contributed by atoms with Crippen molar-refractivity contribution in [2.24, 2.45) is 5.92 Å². The lowest BCUT2D eigenvalue weighted by Gasteiger charge is -2.16. The quantitative estimate of drug-likeness (QED) is 0.751. The molecule has 140 valence electrons. The lowest BCUT2D eigenvalue weighted by molar-refractivity contribution is 0.102. The topological polar surface area (TPSA) is 81.8 Å². The molecule has 3 aromatic rings. The zero-order chi connectivity index (χ0) is 19.1. The van der Waals surface area contributed by atoms with Gasteiger partial charge in [-0.3, -0.25) is 9.59 Å². The predicted molar refractivity (Wildman–Crippen MR) is 104 cm³/mol. The Bertz CT molecular complexity index is 1060. The number of rotatable bonds is 5. The molecule has 0 radical (unpaired) electrons. The third kappa shape index (κ3) is 3.13. The average molecular weight is 365 g/mol. The fourth-order valence-corrected chi connectivity index (χ4v) is 3.42. The van der Waals surface area contributed by atoms with Gasteiger partial charge in [0.05, 0.1) is 23.7 Å². The summed E-state index contributed by atoms with van der Waals surface area (Å²) in [4.78, 5) is 25.7. The van der Waals surface area contributed by atoms with Gasteiger partial charge in [0.1, 0.15) is 5.82 Å². The van der Waals surface area contributed by atoms with Crippen LogP contribution in [0.4, 0.5) is 5.82 Å². The van der Waals surface area contributed by atoms with Crippen LogP contribution in [0, 0.1) is 5.92 Å². The molecule has 1 aromatic carbocycles. The number of fused-ring (bicyclic) bond motifs is 1. The van der Waals surface area contributed by atoms with Gasteiger partial charge in [-0.25, -0.2) is 9.36 Å². The lowest BCUT2D eigenvalue weighted by Crippen LogP contribution is -2.29. The first-order valence-corrected chi connectivity index (χ1v) is 9.33. The largest absolute Gasteiger partial charge is 0.305 e. The van der Waals surface area contributed by atoms with E-state index in [1.54, 1.807) is 36.5 Å². The van der Waals surface area contributed by atoms with Gasteiger partial charge in [-0.2, -0.15) is 10.2 Å². The molecule has 0 spiro atoms. The molecule has 7 nitrogen and oxygen atoms in total. The Balaban J connectivity index is 1.74. The van der Waals surface area contributed by atoms with Crippen molar-refractivity contribution in [3.05, 3.63) is 52.6 Å². The summed E-state index contributed by atoms with van der Waals surface area (Å²) in [6.07, 6.45) is 4.08. The zero-order valence-electron chi connectivity index (χ0n) is 15.7. The molecule has 1 fully saturated rings. The second kappa shape index (κ2) is 6.64. The number of nitrogens with one attached hydrogen (secondary N) is 1. The Labute approximate surface area is 157 Å². The number of aromatic nitrogens is 4. The van der Waals surface area contributed by atoms with Gasteiger partial charge in [0.15, 0.2) is 5.69 Å². The summed E-state index contributed by atoms with van der Waals surface area (Å²) in [6, 6.07) is 8.97. The summed E-state index contributed by atoms with van der Waals surface area (Å²) in [5.74, 6) is 0.917. The third-order valence-electron chi connectivity index (χ3n) is 5.13. The molecule has 2 heterocycles. The van der Waals surface area contributed by atoms with Gasteiger partial charge in [-0.05, 0) is 45.6 Å². The van der Waals surface area contributed by atoms with E-state index in [0.29, 0.717) is 22.5 Å². The Morgan fingerprint density at radius 3 is 2.48 bits per heavy atom. The Morgan fingerprint density at radius 2 is 1.81 bits per heavy atom. The molecule has 0 aliphatic heterocycles. The standard InChI is InChI=1S/C20H23N5O2/c1-12(2)24-20(27)16-7-5-4-6-15(16)18(23-24)19(26)22-17-10-11-21-25(17)13(3)14-8-9-14/h4-7,10-14H,8-9H2,1-3H3,(H,22,26). The highest BCUT2D eigenvalue weighted by molar-refractivity contribution is 6.10. The number of anilines is 1. The number of hydrogen-bond donors (Lipinski definition) is 1. The van der Waals surface area contributed by atoms with Crippen LogP contribution in [0.25, 0.3) is 10.8 Å². The van der Waals surface area contributed by atoms with Crippen LogP contribution in [-0.2, 0) is 0 Å². The number of carbonyl (C=O) groups excluding carboxylic acids is 1. The normalized spacial score (nSPS) is 15.3. The van der Waals surface area contributed by atoms with E-state index in [1.165, 1.54) is 17.5 Å². The van der Waals surface area contributed by atoms with Crippen LogP contribution in [-0.4, -0.2) is 25.5 Å². The number of benzene rings is 1. The van der Waals surface area contributed by atoms with Crippen LogP contribution in [0.2, 0.25) is 0 Å². The van der Waals surface area contributed by atoms with Gasteiger partial charge >= 0.3 is 0 Å². The van der Waals surface area contributed by atoms with Gasteiger partial charge in [0.25, 0.3) is 11.5 Å². The molecule has 4 rings (SSSR count). The molecule has 1 atom stereocenters. The zero-order valence-corrected chi connectivity index (χ0v) is 15.7. The maximum Gasteiger partial charge on any atom is 0.277 e. The Morgan fingerprint density at radius 1 is 1.11 bits per heavy atom. The molecule has 0 bridgehead atoms. The average Bonchev–Trinajstić information content (AvgIpc) is 3.41. The van der Waals surface area contributed by atoms with Crippen LogP contribution in [0.1, 0.15) is 56.2 Å². The molecule has 2 aromatic heterocycles. The van der Waals surface area contributed by atoms with Gasteiger partial charge in [-0.1, -0.05) is 18.2 Å². The van der Waals surface area contributed by atoms with E-state index in [2.05, 4.69) is 22.4 Å². The van der Waals surface area contributed by atoms with E-state index in [-0.39, 0.29) is 29.2 Å². The highest BCUT2D eigenvalue weighted by Gasteiger charge is 2.31. The summed E-state index contributed by atoms with van der Waals surface area (Å²) in [7, 11) is 0.